The van der Waals surface area contributed by atoms with Gasteiger partial charge in [0.15, 0.2) is 0 Å². The summed E-state index contributed by atoms with van der Waals surface area (Å²) < 4.78 is 0. The number of fused-ring (bicyclic) bond motifs is 1. The molecule has 3 rings (SSSR count). The molecule has 1 aromatic carbocycles. The van der Waals surface area contributed by atoms with Crippen molar-refractivity contribution in [2.75, 3.05) is 0 Å². The van der Waals surface area contributed by atoms with Gasteiger partial charge in [-0.1, -0.05) is 61.0 Å². The fourth-order valence-electron chi connectivity index (χ4n) is 3.60. The first-order chi connectivity index (χ1) is 9.01. The van der Waals surface area contributed by atoms with Gasteiger partial charge in [-0.15, -0.1) is 0 Å². The van der Waals surface area contributed by atoms with Crippen molar-refractivity contribution < 1.29 is 0 Å². The van der Waals surface area contributed by atoms with E-state index in [0.717, 1.165) is 17.8 Å². The quantitative estimate of drug-likeness (QED) is 0.610. The molecule has 19 heavy (non-hydrogen) atoms. The Labute approximate surface area is 126 Å². The molecule has 0 heterocycles. The van der Waals surface area contributed by atoms with E-state index in [-0.39, 0.29) is 0 Å². The molecule has 3 atom stereocenters. The summed E-state index contributed by atoms with van der Waals surface area (Å²) in [4.78, 5) is 0.569. The summed E-state index contributed by atoms with van der Waals surface area (Å²) in [6.07, 6.45) is 5.60. The highest BCUT2D eigenvalue weighted by Gasteiger charge is 2.47. The van der Waals surface area contributed by atoms with Crippen molar-refractivity contribution in [1.29, 1.82) is 0 Å². The van der Waals surface area contributed by atoms with Crippen LogP contribution in [0.3, 0.4) is 0 Å². The summed E-state index contributed by atoms with van der Waals surface area (Å²) in [5.41, 5.74) is 3.24. The van der Waals surface area contributed by atoms with E-state index >= 15 is 0 Å². The van der Waals surface area contributed by atoms with Gasteiger partial charge in [0, 0.05) is 4.83 Å². The molecule has 2 aliphatic rings. The second-order valence-corrected chi connectivity index (χ2v) is 8.24. The monoisotopic (exact) mass is 320 g/mol. The fourth-order valence-corrected chi connectivity index (χ4v) is 4.33. The van der Waals surface area contributed by atoms with E-state index in [0.29, 0.717) is 10.2 Å². The van der Waals surface area contributed by atoms with Crippen LogP contribution in [0.25, 0.3) is 0 Å². The van der Waals surface area contributed by atoms with Crippen molar-refractivity contribution in [2.24, 2.45) is 17.8 Å². The zero-order chi connectivity index (χ0) is 13.6. The Morgan fingerprint density at radius 2 is 1.68 bits per heavy atom. The first-order valence-electron chi connectivity index (χ1n) is 7.76. The normalized spacial score (nSPS) is 31.1. The topological polar surface area (TPSA) is 0 Å². The Morgan fingerprint density at radius 3 is 2.21 bits per heavy atom. The summed E-state index contributed by atoms with van der Waals surface area (Å²) in [7, 11) is 0. The Morgan fingerprint density at radius 1 is 1.11 bits per heavy atom. The second-order valence-electron chi connectivity index (χ2n) is 7.25. The molecule has 0 N–H and O–H groups in total. The van der Waals surface area contributed by atoms with Gasteiger partial charge in [-0.3, -0.25) is 0 Å². The van der Waals surface area contributed by atoms with E-state index in [9.17, 15) is 0 Å². The van der Waals surface area contributed by atoms with Gasteiger partial charge in [0.05, 0.1) is 0 Å². The zero-order valence-corrected chi connectivity index (χ0v) is 13.9. The molecule has 0 saturated heterocycles. The molecule has 0 nitrogen and oxygen atoms in total. The molecule has 0 bridgehead atoms. The molecule has 0 aliphatic heterocycles. The Bertz CT molecular complexity index is 435. The van der Waals surface area contributed by atoms with Crippen molar-refractivity contribution in [1.82, 2.24) is 0 Å². The standard InChI is InChI=1S/C18H25Br/c1-4-18(2,3)16-7-5-12(6-8-16)17(19)15-10-13-9-14(13)11-15/h5-8,13-15,17H,4,9-11H2,1-3H3. The van der Waals surface area contributed by atoms with Crippen LogP contribution in [0.4, 0.5) is 0 Å². The third-order valence-corrected chi connectivity index (χ3v) is 6.86. The van der Waals surface area contributed by atoms with Crippen LogP contribution in [-0.2, 0) is 5.41 Å². The van der Waals surface area contributed by atoms with Crippen molar-refractivity contribution in [3.8, 4) is 0 Å². The van der Waals surface area contributed by atoms with Gasteiger partial charge >= 0.3 is 0 Å². The summed E-state index contributed by atoms with van der Waals surface area (Å²) in [6, 6.07) is 9.36. The third kappa shape index (κ3) is 2.63. The van der Waals surface area contributed by atoms with Gasteiger partial charge in [-0.2, -0.15) is 0 Å². The Kier molecular flexibility index (Phi) is 3.53. The van der Waals surface area contributed by atoms with Gasteiger partial charge in [-0.05, 0) is 60.0 Å². The van der Waals surface area contributed by atoms with Gasteiger partial charge in [0.2, 0.25) is 0 Å². The lowest BCUT2D eigenvalue weighted by Crippen LogP contribution is -2.15. The lowest BCUT2D eigenvalue weighted by molar-refractivity contribution is 0.480. The molecule has 0 amide bonds. The van der Waals surface area contributed by atoms with Crippen LogP contribution in [0.1, 0.15) is 62.4 Å². The minimum absolute atomic E-state index is 0.301. The second kappa shape index (κ2) is 4.91. The fraction of sp³-hybridized carbons (Fsp3) is 0.667. The summed E-state index contributed by atoms with van der Waals surface area (Å²) in [5, 5.41) is 0. The van der Waals surface area contributed by atoms with Crippen LogP contribution < -0.4 is 0 Å². The number of rotatable bonds is 4. The van der Waals surface area contributed by atoms with E-state index in [4.69, 9.17) is 0 Å². The van der Waals surface area contributed by atoms with Gasteiger partial charge in [0.25, 0.3) is 0 Å². The van der Waals surface area contributed by atoms with Gasteiger partial charge in [0.1, 0.15) is 0 Å². The summed E-state index contributed by atoms with van der Waals surface area (Å²) >= 11 is 3.95. The van der Waals surface area contributed by atoms with Crippen LogP contribution >= 0.6 is 15.9 Å². The number of hydrogen-bond acceptors (Lipinski definition) is 0. The number of halogens is 1. The predicted molar refractivity (Wildman–Crippen MR) is 85.7 cm³/mol. The molecular weight excluding hydrogens is 296 g/mol. The summed E-state index contributed by atoms with van der Waals surface area (Å²) in [5.74, 6) is 3.01. The first-order valence-corrected chi connectivity index (χ1v) is 8.67. The molecule has 1 aromatic rings. The molecule has 2 saturated carbocycles. The highest BCUT2D eigenvalue weighted by atomic mass is 79.9. The molecule has 2 fully saturated rings. The molecule has 0 aromatic heterocycles. The number of benzene rings is 1. The molecule has 2 aliphatic carbocycles. The van der Waals surface area contributed by atoms with Crippen molar-refractivity contribution in [2.45, 2.75) is 56.7 Å². The SMILES string of the molecule is CCC(C)(C)c1ccc(C(Br)C2CC3CC3C2)cc1. The van der Waals surface area contributed by atoms with E-state index < -0.39 is 0 Å². The van der Waals surface area contributed by atoms with E-state index in [1.165, 1.54) is 36.8 Å². The largest absolute Gasteiger partial charge is 0.0836 e. The average molecular weight is 321 g/mol. The molecule has 3 unspecified atom stereocenters. The molecule has 1 heteroatoms. The van der Waals surface area contributed by atoms with Gasteiger partial charge < -0.3 is 0 Å². The Balaban J connectivity index is 1.71. The van der Waals surface area contributed by atoms with Gasteiger partial charge in [-0.25, -0.2) is 0 Å². The third-order valence-electron chi connectivity index (χ3n) is 5.59. The Hall–Kier alpha value is -0.300. The maximum absolute atomic E-state index is 3.95. The predicted octanol–water partition coefficient (Wildman–Crippen LogP) is 5.86. The van der Waals surface area contributed by atoms with Crippen molar-refractivity contribution in [3.63, 3.8) is 0 Å². The van der Waals surface area contributed by atoms with Crippen LogP contribution in [0, 0.1) is 17.8 Å². The molecular formula is C18H25Br. The van der Waals surface area contributed by atoms with Crippen LogP contribution in [0.2, 0.25) is 0 Å². The average Bonchev–Trinajstić information content (AvgIpc) is 3.04. The zero-order valence-electron chi connectivity index (χ0n) is 12.3. The van der Waals surface area contributed by atoms with E-state index in [1.807, 2.05) is 0 Å². The molecule has 0 radical (unpaired) electrons. The highest BCUT2D eigenvalue weighted by Crippen LogP contribution is 2.58. The van der Waals surface area contributed by atoms with E-state index in [2.05, 4.69) is 61.0 Å². The minimum atomic E-state index is 0.301. The first kappa shape index (κ1) is 13.7. The van der Waals surface area contributed by atoms with Crippen LogP contribution in [0.15, 0.2) is 24.3 Å². The maximum atomic E-state index is 3.95. The lowest BCUT2D eigenvalue weighted by atomic mass is 9.81. The highest BCUT2D eigenvalue weighted by molar-refractivity contribution is 9.09. The van der Waals surface area contributed by atoms with Crippen molar-refractivity contribution in [3.05, 3.63) is 35.4 Å². The minimum Gasteiger partial charge on any atom is -0.0836 e. The number of hydrogen-bond donors (Lipinski definition) is 0. The summed E-state index contributed by atoms with van der Waals surface area (Å²) in [6.45, 7) is 6.93. The van der Waals surface area contributed by atoms with Crippen LogP contribution in [0.5, 0.6) is 0 Å². The number of alkyl halides is 1. The van der Waals surface area contributed by atoms with Crippen LogP contribution in [-0.4, -0.2) is 0 Å². The maximum Gasteiger partial charge on any atom is 0.0423 e. The molecule has 104 valence electrons. The smallest absolute Gasteiger partial charge is 0.0423 e. The van der Waals surface area contributed by atoms with E-state index in [1.54, 1.807) is 0 Å². The molecule has 0 spiro atoms. The van der Waals surface area contributed by atoms with Crippen molar-refractivity contribution >= 4 is 15.9 Å². The lowest BCUT2D eigenvalue weighted by Gasteiger charge is -2.25.